The largest absolute Gasteiger partial charge is 1.00 e. The summed E-state index contributed by atoms with van der Waals surface area (Å²) < 4.78 is 0. The van der Waals surface area contributed by atoms with Crippen LogP contribution in [0.5, 0.6) is 0 Å². The van der Waals surface area contributed by atoms with Crippen molar-refractivity contribution in [2.45, 2.75) is 0 Å². The Bertz CT molecular complexity index is 1530. The van der Waals surface area contributed by atoms with Gasteiger partial charge in [-0.15, -0.1) is 0 Å². The zero-order chi connectivity index (χ0) is 33.8. The summed E-state index contributed by atoms with van der Waals surface area (Å²) in [5.74, 6) is 0. The minimum Gasteiger partial charge on any atom is -0.696 e. The second-order valence-electron chi connectivity index (χ2n) is 9.62. The average Bonchev–Trinajstić information content (AvgIpc) is 3.07. The molecule has 0 fully saturated rings. The molecule has 0 saturated carbocycles. The van der Waals surface area contributed by atoms with E-state index in [2.05, 4.69) is 85.4 Å². The third-order valence-corrected chi connectivity index (χ3v) is 12.9. The Morgan fingerprint density at radius 2 is 0.438 bits per heavy atom. The molecule has 6 aromatic rings. The third-order valence-electron chi connectivity index (χ3n) is 6.51. The van der Waals surface area contributed by atoms with Crippen LogP contribution in [-0.2, 0) is 35.0 Å². The first kappa shape index (κ1) is 40.8. The van der Waals surface area contributed by atoms with Crippen molar-refractivity contribution < 1.29 is 22.4 Å². The van der Waals surface area contributed by atoms with Crippen molar-refractivity contribution in [1.29, 1.82) is 5.26 Å². The predicted molar refractivity (Wildman–Crippen MR) is 213 cm³/mol. The van der Waals surface area contributed by atoms with Gasteiger partial charge in [0.1, 0.15) is 0 Å². The van der Waals surface area contributed by atoms with Crippen LogP contribution in [0.15, 0.2) is 146 Å². The molecule has 0 N–H and O–H groups in total. The van der Waals surface area contributed by atoms with E-state index in [9.17, 15) is 0 Å². The molecule has 246 valence electrons. The molecule has 0 aliphatic carbocycles. The maximum atomic E-state index is 7.13. The van der Waals surface area contributed by atoms with E-state index in [4.69, 9.17) is 74.9 Å². The molecule has 0 aliphatic rings. The number of hydrogen-bond acceptors (Lipinski definition) is 2. The number of nitriles is 1. The molecule has 0 bridgehead atoms. The van der Waals surface area contributed by atoms with Crippen LogP contribution in [-0.4, -0.2) is 0 Å². The van der Waals surface area contributed by atoms with E-state index >= 15 is 0 Å². The fourth-order valence-corrected chi connectivity index (χ4v) is 9.66. The molecule has 0 unspecified atom stereocenters. The first-order valence-corrected chi connectivity index (χ1v) is 19.2. The predicted octanol–water partition coefficient (Wildman–Crippen LogP) is 10.8. The van der Waals surface area contributed by atoms with Crippen LogP contribution in [0.1, 0.15) is 0 Å². The zero-order valence-corrected chi connectivity index (χ0v) is 33.3. The van der Waals surface area contributed by atoms with Crippen molar-refractivity contribution in [3.63, 3.8) is 0 Å². The van der Waals surface area contributed by atoms with Gasteiger partial charge < -0.3 is 12.6 Å². The fourth-order valence-electron chi connectivity index (χ4n) is 4.44. The van der Waals surface area contributed by atoms with Gasteiger partial charge in [-0.25, -0.2) is 5.26 Å². The number of benzene rings is 6. The smallest absolute Gasteiger partial charge is 0.696 e. The number of thiocyanates is 1. The van der Waals surface area contributed by atoms with E-state index < -0.39 is 15.8 Å². The van der Waals surface area contributed by atoms with E-state index in [1.54, 1.807) is 0 Å². The molecule has 6 aromatic carbocycles. The van der Waals surface area contributed by atoms with Crippen molar-refractivity contribution in [1.82, 2.24) is 0 Å². The summed E-state index contributed by atoms with van der Waals surface area (Å²) in [5, 5.41) is 20.4. The van der Waals surface area contributed by atoms with Crippen LogP contribution in [0, 0.1) is 10.7 Å². The number of nitrogens with zero attached hydrogens (tertiary/aromatic N) is 1. The van der Waals surface area contributed by atoms with Gasteiger partial charge in [0.2, 0.25) is 0 Å². The van der Waals surface area contributed by atoms with E-state index in [1.165, 1.54) is 37.2 Å². The second-order valence-corrected chi connectivity index (χ2v) is 16.9. The fraction of sp³-hybridized carbons (Fsp3) is 0. The molecule has 48 heavy (non-hydrogen) atoms. The SMILES string of the molecule is Clc1ccc(P(c2ccc(Cl)cc2)c2ccc(Cl)cc2)cc1.Clc1ccc(P(c2ccc(Cl)cc2)c2ccc(Cl)cc2)cc1.N#C[S-].[Ag+]. The Balaban J connectivity index is 0.000000236. The Hall–Kier alpha value is -1.63. The van der Waals surface area contributed by atoms with E-state index in [1.807, 2.05) is 72.8 Å². The molecule has 11 heteroatoms. The molecule has 0 spiro atoms. The molecule has 0 radical (unpaired) electrons. The number of halogens is 6. The van der Waals surface area contributed by atoms with E-state index in [0.29, 0.717) is 0 Å². The molecule has 0 amide bonds. The van der Waals surface area contributed by atoms with Gasteiger partial charge in [0.25, 0.3) is 0 Å². The molecule has 1 nitrogen and oxygen atoms in total. The Morgan fingerprint density at radius 1 is 0.333 bits per heavy atom. The van der Waals surface area contributed by atoms with Gasteiger partial charge in [-0.2, -0.15) is 0 Å². The normalized spacial score (nSPS) is 10.1. The first-order valence-electron chi connectivity index (χ1n) is 13.8. The van der Waals surface area contributed by atoms with Gasteiger partial charge in [-0.1, -0.05) is 148 Å². The monoisotopic (exact) mass is 893 g/mol. The van der Waals surface area contributed by atoms with Gasteiger partial charge in [0, 0.05) is 30.1 Å². The van der Waals surface area contributed by atoms with Crippen molar-refractivity contribution in [2.24, 2.45) is 0 Å². The third kappa shape index (κ3) is 12.3. The van der Waals surface area contributed by atoms with Gasteiger partial charge in [0.15, 0.2) is 0 Å². The van der Waals surface area contributed by atoms with Crippen molar-refractivity contribution >= 4 is 130 Å². The summed E-state index contributed by atoms with van der Waals surface area (Å²) in [4.78, 5) is 0. The molecule has 6 rings (SSSR count). The quantitative estimate of drug-likeness (QED) is 0.0720. The van der Waals surface area contributed by atoms with Gasteiger partial charge in [-0.3, -0.25) is 0 Å². The standard InChI is InChI=1S/2C18H12Cl3P.CHNS.Ag/c2*19-13-1-7-16(8-2-13)22(17-9-3-14(20)4-10-17)18-11-5-15(21)6-12-18;2-1-3;/h2*1-12H;3H;/q;;;+1/p-1. The summed E-state index contributed by atoms with van der Waals surface area (Å²) in [6.45, 7) is 0. The van der Waals surface area contributed by atoms with Crippen LogP contribution in [0.3, 0.4) is 0 Å². The zero-order valence-electron chi connectivity index (χ0n) is 24.7. The molecule has 0 aromatic heterocycles. The molecule has 0 saturated heterocycles. The van der Waals surface area contributed by atoms with Gasteiger partial charge in [0.05, 0.1) is 0 Å². The summed E-state index contributed by atoms with van der Waals surface area (Å²) >= 11 is 39.8. The van der Waals surface area contributed by atoms with Crippen LogP contribution in [0.2, 0.25) is 30.1 Å². The number of hydrogen-bond donors (Lipinski definition) is 0. The van der Waals surface area contributed by atoms with Gasteiger partial charge in [-0.05, 0) is 120 Å². The number of rotatable bonds is 6. The maximum absolute atomic E-state index is 7.13. The topological polar surface area (TPSA) is 23.8 Å². The molecule has 0 aliphatic heterocycles. The Morgan fingerprint density at radius 3 is 0.542 bits per heavy atom. The minimum atomic E-state index is -0.659. The molecule has 0 heterocycles. The molecule has 0 atom stereocenters. The second kappa shape index (κ2) is 20.9. The van der Waals surface area contributed by atoms with Gasteiger partial charge >= 0.3 is 22.4 Å². The minimum absolute atomic E-state index is 0. The maximum Gasteiger partial charge on any atom is 1.00 e. The van der Waals surface area contributed by atoms with Crippen molar-refractivity contribution in [2.75, 3.05) is 0 Å². The Kier molecular flexibility index (Phi) is 17.8. The summed E-state index contributed by atoms with van der Waals surface area (Å²) in [5.41, 5.74) is 0. The molecular weight excluding hydrogens is 873 g/mol. The van der Waals surface area contributed by atoms with Crippen LogP contribution >= 0.6 is 85.4 Å². The van der Waals surface area contributed by atoms with Crippen LogP contribution in [0.4, 0.5) is 0 Å². The van der Waals surface area contributed by atoms with Crippen molar-refractivity contribution in [3.8, 4) is 5.40 Å². The van der Waals surface area contributed by atoms with Crippen molar-refractivity contribution in [3.05, 3.63) is 176 Å². The van der Waals surface area contributed by atoms with Crippen LogP contribution in [0.25, 0.3) is 0 Å². The van der Waals surface area contributed by atoms with E-state index in [-0.39, 0.29) is 22.4 Å². The van der Waals surface area contributed by atoms with E-state index in [0.717, 1.165) is 30.1 Å². The molecular formula is C37H24AgCl6NP2S. The van der Waals surface area contributed by atoms with Crippen LogP contribution < -0.4 is 31.8 Å². The summed E-state index contributed by atoms with van der Waals surface area (Å²) in [6, 6.07) is 48.1. The summed E-state index contributed by atoms with van der Waals surface area (Å²) in [6.07, 6.45) is 0. The Labute approximate surface area is 335 Å². The summed E-state index contributed by atoms with van der Waals surface area (Å²) in [7, 11) is -1.32. The first-order chi connectivity index (χ1) is 22.7. The average molecular weight is 897 g/mol.